The van der Waals surface area contributed by atoms with Crippen LogP contribution in [0.2, 0.25) is 0 Å². The van der Waals surface area contributed by atoms with E-state index < -0.39 is 11.9 Å². The highest BCUT2D eigenvalue weighted by atomic mass is 32.2. The van der Waals surface area contributed by atoms with Crippen LogP contribution < -0.4 is 0 Å². The van der Waals surface area contributed by atoms with Gasteiger partial charge in [0.05, 0.1) is 28.8 Å². The zero-order valence-electron chi connectivity index (χ0n) is 18.3. The number of hydrogen-bond donors (Lipinski definition) is 1. The lowest BCUT2D eigenvalue weighted by Crippen LogP contribution is -2.28. The number of carboxylic acids is 1. The first-order chi connectivity index (χ1) is 16.4. The van der Waals surface area contributed by atoms with Crippen LogP contribution in [0.3, 0.4) is 0 Å². The van der Waals surface area contributed by atoms with Gasteiger partial charge in [0.25, 0.3) is 5.91 Å². The molecular formula is C25H20N2O6S. The van der Waals surface area contributed by atoms with Gasteiger partial charge in [-0.1, -0.05) is 18.2 Å². The minimum absolute atomic E-state index is 0.123. The number of ether oxygens (including phenoxy) is 1. The molecule has 2 heterocycles. The highest BCUT2D eigenvalue weighted by molar-refractivity contribution is 8.18. The van der Waals surface area contributed by atoms with Crippen molar-refractivity contribution in [1.82, 2.24) is 4.90 Å². The molecule has 4 rings (SSSR count). The quantitative estimate of drug-likeness (QED) is 0.391. The first kappa shape index (κ1) is 23.1. The number of carbonyl (C=O) groups is 3. The molecule has 0 atom stereocenters. The van der Waals surface area contributed by atoms with Gasteiger partial charge in [-0.2, -0.15) is 0 Å². The lowest BCUT2D eigenvalue weighted by Gasteiger charge is -2.12. The van der Waals surface area contributed by atoms with E-state index in [1.165, 1.54) is 35.9 Å². The number of aliphatic imine (C=N–C) groups is 1. The Morgan fingerprint density at radius 1 is 1.12 bits per heavy atom. The van der Waals surface area contributed by atoms with Crippen LogP contribution in [0, 0.1) is 0 Å². The van der Waals surface area contributed by atoms with Gasteiger partial charge in [0.1, 0.15) is 11.5 Å². The number of furan rings is 1. The van der Waals surface area contributed by atoms with Crippen LogP contribution in [0.25, 0.3) is 17.4 Å². The van der Waals surface area contributed by atoms with Crippen molar-refractivity contribution in [1.29, 1.82) is 0 Å². The molecule has 1 N–H and O–H groups in total. The van der Waals surface area contributed by atoms with Gasteiger partial charge < -0.3 is 14.3 Å². The van der Waals surface area contributed by atoms with E-state index in [0.717, 1.165) is 5.56 Å². The lowest BCUT2D eigenvalue weighted by molar-refractivity contribution is -0.122. The highest BCUT2D eigenvalue weighted by Crippen LogP contribution is 2.35. The van der Waals surface area contributed by atoms with Crippen LogP contribution in [-0.2, 0) is 9.53 Å². The molecular weight excluding hydrogens is 456 g/mol. The summed E-state index contributed by atoms with van der Waals surface area (Å²) in [5, 5.41) is 9.66. The summed E-state index contributed by atoms with van der Waals surface area (Å²) in [7, 11) is 1.33. The highest BCUT2D eigenvalue weighted by Gasteiger charge is 2.32. The molecule has 1 fully saturated rings. The molecule has 0 spiro atoms. The van der Waals surface area contributed by atoms with Crippen molar-refractivity contribution in [2.75, 3.05) is 13.7 Å². The van der Waals surface area contributed by atoms with Gasteiger partial charge in [-0.05, 0) is 61.2 Å². The fourth-order valence-corrected chi connectivity index (χ4v) is 4.33. The summed E-state index contributed by atoms with van der Waals surface area (Å²) in [5.74, 6) is -0.584. The van der Waals surface area contributed by atoms with Gasteiger partial charge >= 0.3 is 11.9 Å². The number of nitrogens with zero attached hydrogens (tertiary/aromatic N) is 2. The van der Waals surface area contributed by atoms with E-state index in [9.17, 15) is 19.5 Å². The van der Waals surface area contributed by atoms with Crippen molar-refractivity contribution in [3.8, 4) is 11.3 Å². The molecule has 1 aliphatic rings. The zero-order chi connectivity index (χ0) is 24.2. The Morgan fingerprint density at radius 2 is 1.88 bits per heavy atom. The maximum absolute atomic E-state index is 12.9. The Kier molecular flexibility index (Phi) is 6.65. The van der Waals surface area contributed by atoms with Crippen LogP contribution in [0.1, 0.15) is 33.4 Å². The van der Waals surface area contributed by atoms with Crippen LogP contribution in [0.5, 0.6) is 0 Å². The number of amides is 1. The number of carboxylic acid groups (broad SMARTS) is 1. The molecule has 0 bridgehead atoms. The van der Waals surface area contributed by atoms with E-state index in [-0.39, 0.29) is 11.5 Å². The van der Waals surface area contributed by atoms with E-state index in [1.54, 1.807) is 54.6 Å². The van der Waals surface area contributed by atoms with Gasteiger partial charge in [-0.3, -0.25) is 9.69 Å². The third kappa shape index (κ3) is 4.79. The molecule has 3 aromatic rings. The van der Waals surface area contributed by atoms with E-state index in [4.69, 9.17) is 9.15 Å². The Bertz CT molecular complexity index is 1320. The first-order valence-corrected chi connectivity index (χ1v) is 11.1. The first-order valence-electron chi connectivity index (χ1n) is 10.3. The SMILES string of the molecule is CCN1C(=O)/C(=C\c2ccc(-c3ccc(C(=O)OC)cc3)o2)SC1=Nc1cccc(C(=O)O)c1. The fourth-order valence-electron chi connectivity index (χ4n) is 3.29. The Hall–Kier alpha value is -4.11. The topological polar surface area (TPSA) is 109 Å². The summed E-state index contributed by atoms with van der Waals surface area (Å²) in [6.07, 6.45) is 1.65. The number of likely N-dealkylation sites (N-methyl/N-ethyl adjacent to an activating group) is 1. The summed E-state index contributed by atoms with van der Waals surface area (Å²) < 4.78 is 10.6. The van der Waals surface area contributed by atoms with E-state index in [0.29, 0.717) is 39.4 Å². The van der Waals surface area contributed by atoms with Gasteiger partial charge in [-0.25, -0.2) is 14.6 Å². The molecule has 1 saturated heterocycles. The second-order valence-electron chi connectivity index (χ2n) is 7.18. The minimum Gasteiger partial charge on any atom is -0.478 e. The average molecular weight is 477 g/mol. The standard InChI is InChI=1S/C25H20N2O6S/c1-3-27-22(28)21(34-25(27)26-18-6-4-5-17(13-18)23(29)30)14-19-11-12-20(33-19)15-7-9-16(10-8-15)24(31)32-2/h4-14H,3H2,1-2H3,(H,29,30)/b21-14+,26-25?. The normalized spacial score (nSPS) is 15.8. The van der Waals surface area contributed by atoms with Crippen molar-refractivity contribution in [3.63, 3.8) is 0 Å². The van der Waals surface area contributed by atoms with Crippen LogP contribution in [0.4, 0.5) is 5.69 Å². The Morgan fingerprint density at radius 3 is 2.56 bits per heavy atom. The Balaban J connectivity index is 1.57. The van der Waals surface area contributed by atoms with Crippen molar-refractivity contribution >= 4 is 46.5 Å². The number of thioether (sulfide) groups is 1. The predicted molar refractivity (Wildman–Crippen MR) is 129 cm³/mol. The van der Waals surface area contributed by atoms with Gasteiger partial charge in [-0.15, -0.1) is 0 Å². The second-order valence-corrected chi connectivity index (χ2v) is 8.19. The Labute approximate surface area is 199 Å². The molecule has 0 unspecified atom stereocenters. The fraction of sp³-hybridized carbons (Fsp3) is 0.120. The number of benzene rings is 2. The van der Waals surface area contributed by atoms with E-state index >= 15 is 0 Å². The lowest BCUT2D eigenvalue weighted by atomic mass is 10.1. The molecule has 1 aromatic heterocycles. The number of methoxy groups -OCH3 is 1. The molecule has 2 aromatic carbocycles. The molecule has 0 saturated carbocycles. The average Bonchev–Trinajstić information content (AvgIpc) is 3.43. The van der Waals surface area contributed by atoms with Gasteiger partial charge in [0.15, 0.2) is 5.17 Å². The van der Waals surface area contributed by atoms with Crippen molar-refractivity contribution in [3.05, 3.63) is 82.5 Å². The number of amidine groups is 1. The molecule has 34 heavy (non-hydrogen) atoms. The monoisotopic (exact) mass is 476 g/mol. The smallest absolute Gasteiger partial charge is 0.337 e. The van der Waals surface area contributed by atoms with Crippen LogP contribution in [0.15, 0.2) is 75.0 Å². The molecule has 9 heteroatoms. The third-order valence-corrected chi connectivity index (χ3v) is 6.02. The molecule has 172 valence electrons. The second kappa shape index (κ2) is 9.80. The maximum Gasteiger partial charge on any atom is 0.337 e. The summed E-state index contributed by atoms with van der Waals surface area (Å²) in [5.41, 5.74) is 1.79. The summed E-state index contributed by atoms with van der Waals surface area (Å²) in [4.78, 5) is 42.2. The zero-order valence-corrected chi connectivity index (χ0v) is 19.2. The van der Waals surface area contributed by atoms with Crippen molar-refractivity contribution in [2.45, 2.75) is 6.92 Å². The molecule has 0 radical (unpaired) electrons. The number of carbonyl (C=O) groups excluding carboxylic acids is 2. The van der Waals surface area contributed by atoms with Crippen LogP contribution in [-0.4, -0.2) is 46.7 Å². The van der Waals surface area contributed by atoms with Gasteiger partial charge in [0, 0.05) is 18.2 Å². The number of aromatic carboxylic acids is 1. The predicted octanol–water partition coefficient (Wildman–Crippen LogP) is 5.06. The maximum atomic E-state index is 12.9. The van der Waals surface area contributed by atoms with E-state index in [2.05, 4.69) is 4.99 Å². The molecule has 1 amide bonds. The summed E-state index contributed by atoms with van der Waals surface area (Å²) in [6, 6.07) is 16.6. The molecule has 8 nitrogen and oxygen atoms in total. The third-order valence-electron chi connectivity index (χ3n) is 5.01. The summed E-state index contributed by atoms with van der Waals surface area (Å²) in [6.45, 7) is 2.25. The van der Waals surface area contributed by atoms with Crippen LogP contribution >= 0.6 is 11.8 Å². The molecule has 1 aliphatic heterocycles. The van der Waals surface area contributed by atoms with Crippen molar-refractivity contribution < 1.29 is 28.6 Å². The summed E-state index contributed by atoms with van der Waals surface area (Å²) >= 11 is 1.20. The largest absolute Gasteiger partial charge is 0.478 e. The number of hydrogen-bond acceptors (Lipinski definition) is 7. The minimum atomic E-state index is -1.04. The van der Waals surface area contributed by atoms with Gasteiger partial charge in [0.2, 0.25) is 0 Å². The molecule has 0 aliphatic carbocycles. The van der Waals surface area contributed by atoms with Crippen molar-refractivity contribution in [2.24, 2.45) is 4.99 Å². The number of rotatable bonds is 6. The number of esters is 1. The van der Waals surface area contributed by atoms with E-state index in [1.807, 2.05) is 6.92 Å².